The number of pyridine rings is 1. The first-order valence-corrected chi connectivity index (χ1v) is 9.06. The van der Waals surface area contributed by atoms with Crippen LogP contribution in [0.25, 0.3) is 22.0 Å². The van der Waals surface area contributed by atoms with Gasteiger partial charge in [-0.05, 0) is 29.1 Å². The van der Waals surface area contributed by atoms with Crippen molar-refractivity contribution in [2.45, 2.75) is 6.61 Å². The Morgan fingerprint density at radius 2 is 1.46 bits per heavy atom. The SMILES string of the molecule is COc1cc(-c2cc3ccccc3cn2)cc(OCc2ccccc2)c1OC. The van der Waals surface area contributed by atoms with Gasteiger partial charge in [0.15, 0.2) is 11.5 Å². The highest BCUT2D eigenvalue weighted by Crippen LogP contribution is 2.41. The number of hydrogen-bond acceptors (Lipinski definition) is 4. The van der Waals surface area contributed by atoms with Gasteiger partial charge >= 0.3 is 0 Å². The number of aromatic nitrogens is 1. The van der Waals surface area contributed by atoms with E-state index in [1.54, 1.807) is 14.2 Å². The molecule has 0 saturated heterocycles. The van der Waals surface area contributed by atoms with Gasteiger partial charge in [-0.15, -0.1) is 0 Å². The van der Waals surface area contributed by atoms with E-state index in [0.717, 1.165) is 27.6 Å². The molecule has 1 aromatic heterocycles. The van der Waals surface area contributed by atoms with Crippen LogP contribution in [0, 0.1) is 0 Å². The highest BCUT2D eigenvalue weighted by molar-refractivity contribution is 5.85. The molecule has 0 amide bonds. The summed E-state index contributed by atoms with van der Waals surface area (Å²) in [6, 6.07) is 24.1. The molecule has 4 heteroatoms. The van der Waals surface area contributed by atoms with Crippen molar-refractivity contribution in [3.63, 3.8) is 0 Å². The molecule has 0 aliphatic carbocycles. The van der Waals surface area contributed by atoms with Crippen LogP contribution in [0.2, 0.25) is 0 Å². The van der Waals surface area contributed by atoms with Crippen LogP contribution in [0.3, 0.4) is 0 Å². The lowest BCUT2D eigenvalue weighted by Gasteiger charge is -2.16. The molecule has 0 spiro atoms. The van der Waals surface area contributed by atoms with Gasteiger partial charge in [0.1, 0.15) is 6.61 Å². The molecule has 0 atom stereocenters. The molecular formula is C24H21NO3. The summed E-state index contributed by atoms with van der Waals surface area (Å²) in [7, 11) is 3.23. The van der Waals surface area contributed by atoms with Crippen LogP contribution in [0.15, 0.2) is 79.0 Å². The summed E-state index contributed by atoms with van der Waals surface area (Å²) >= 11 is 0. The molecule has 0 aliphatic heterocycles. The Kier molecular flexibility index (Phi) is 5.11. The molecule has 0 radical (unpaired) electrons. The van der Waals surface area contributed by atoms with E-state index in [4.69, 9.17) is 14.2 Å². The van der Waals surface area contributed by atoms with Crippen molar-refractivity contribution in [2.75, 3.05) is 14.2 Å². The average molecular weight is 371 g/mol. The minimum atomic E-state index is 0.439. The fraction of sp³-hybridized carbons (Fsp3) is 0.125. The van der Waals surface area contributed by atoms with Crippen LogP contribution in [0.1, 0.15) is 5.56 Å². The van der Waals surface area contributed by atoms with E-state index in [2.05, 4.69) is 23.2 Å². The number of fused-ring (bicyclic) bond motifs is 1. The van der Waals surface area contributed by atoms with Gasteiger partial charge in [0.2, 0.25) is 5.75 Å². The molecule has 4 aromatic rings. The quantitative estimate of drug-likeness (QED) is 0.449. The number of methoxy groups -OCH3 is 2. The third-order valence-electron chi connectivity index (χ3n) is 4.61. The largest absolute Gasteiger partial charge is 0.493 e. The standard InChI is InChI=1S/C24H21NO3/c1-26-22-13-20(21-12-18-10-6-7-11-19(18)15-25-21)14-23(24(22)27-2)28-16-17-8-4-3-5-9-17/h3-15H,16H2,1-2H3. The van der Waals surface area contributed by atoms with E-state index in [1.807, 2.05) is 60.8 Å². The second-order valence-electron chi connectivity index (χ2n) is 6.40. The van der Waals surface area contributed by atoms with Crippen LogP contribution in [-0.4, -0.2) is 19.2 Å². The zero-order chi connectivity index (χ0) is 19.3. The zero-order valence-electron chi connectivity index (χ0n) is 15.9. The van der Waals surface area contributed by atoms with Gasteiger partial charge in [-0.2, -0.15) is 0 Å². The van der Waals surface area contributed by atoms with Gasteiger partial charge in [-0.3, -0.25) is 4.98 Å². The van der Waals surface area contributed by atoms with Crippen LogP contribution in [-0.2, 0) is 6.61 Å². The van der Waals surface area contributed by atoms with Crippen molar-refractivity contribution in [3.8, 4) is 28.5 Å². The lowest BCUT2D eigenvalue weighted by Crippen LogP contribution is -2.00. The van der Waals surface area contributed by atoms with Crippen LogP contribution in [0.5, 0.6) is 17.2 Å². The minimum Gasteiger partial charge on any atom is -0.493 e. The van der Waals surface area contributed by atoms with Crippen molar-refractivity contribution in [1.29, 1.82) is 0 Å². The van der Waals surface area contributed by atoms with Crippen molar-refractivity contribution in [1.82, 2.24) is 4.98 Å². The highest BCUT2D eigenvalue weighted by Gasteiger charge is 2.16. The molecule has 1 heterocycles. The lowest BCUT2D eigenvalue weighted by atomic mass is 10.1. The van der Waals surface area contributed by atoms with Gasteiger partial charge in [0, 0.05) is 17.1 Å². The Bertz CT molecular complexity index is 1090. The van der Waals surface area contributed by atoms with Crippen LogP contribution in [0.4, 0.5) is 0 Å². The third-order valence-corrected chi connectivity index (χ3v) is 4.61. The Labute approximate surface area is 164 Å². The topological polar surface area (TPSA) is 40.6 Å². The molecule has 0 aliphatic rings. The summed E-state index contributed by atoms with van der Waals surface area (Å²) in [5.41, 5.74) is 2.84. The Hall–Kier alpha value is -3.53. The smallest absolute Gasteiger partial charge is 0.203 e. The van der Waals surface area contributed by atoms with E-state index >= 15 is 0 Å². The number of benzene rings is 3. The van der Waals surface area contributed by atoms with Gasteiger partial charge in [0.05, 0.1) is 19.9 Å². The second kappa shape index (κ2) is 8.01. The summed E-state index contributed by atoms with van der Waals surface area (Å²) in [6.45, 7) is 0.439. The molecule has 4 nitrogen and oxygen atoms in total. The number of nitrogens with zero attached hydrogens (tertiary/aromatic N) is 1. The van der Waals surface area contributed by atoms with Gasteiger partial charge < -0.3 is 14.2 Å². The van der Waals surface area contributed by atoms with E-state index in [0.29, 0.717) is 23.9 Å². The normalized spacial score (nSPS) is 10.6. The Morgan fingerprint density at radius 1 is 0.750 bits per heavy atom. The summed E-state index contributed by atoms with van der Waals surface area (Å²) in [4.78, 5) is 4.62. The predicted molar refractivity (Wildman–Crippen MR) is 111 cm³/mol. The average Bonchev–Trinajstić information content (AvgIpc) is 2.77. The van der Waals surface area contributed by atoms with E-state index in [9.17, 15) is 0 Å². The second-order valence-corrected chi connectivity index (χ2v) is 6.40. The fourth-order valence-corrected chi connectivity index (χ4v) is 3.16. The monoisotopic (exact) mass is 371 g/mol. The number of ether oxygens (including phenoxy) is 3. The van der Waals surface area contributed by atoms with Crippen molar-refractivity contribution in [3.05, 3.63) is 84.6 Å². The molecule has 0 bridgehead atoms. The predicted octanol–water partition coefficient (Wildman–Crippen LogP) is 5.50. The van der Waals surface area contributed by atoms with E-state index < -0.39 is 0 Å². The maximum Gasteiger partial charge on any atom is 0.203 e. The third kappa shape index (κ3) is 3.62. The van der Waals surface area contributed by atoms with Crippen LogP contribution >= 0.6 is 0 Å². The molecule has 0 unspecified atom stereocenters. The maximum atomic E-state index is 6.07. The summed E-state index contributed by atoms with van der Waals surface area (Å²) < 4.78 is 17.2. The maximum absolute atomic E-state index is 6.07. The first-order valence-electron chi connectivity index (χ1n) is 9.06. The molecule has 0 N–H and O–H groups in total. The Morgan fingerprint density at radius 3 is 2.21 bits per heavy atom. The van der Waals surface area contributed by atoms with Crippen molar-refractivity contribution in [2.24, 2.45) is 0 Å². The number of rotatable bonds is 6. The summed E-state index contributed by atoms with van der Waals surface area (Å²) in [5.74, 6) is 1.80. The summed E-state index contributed by atoms with van der Waals surface area (Å²) in [5, 5.41) is 2.24. The first kappa shape index (κ1) is 17.9. The van der Waals surface area contributed by atoms with Gasteiger partial charge in [-0.25, -0.2) is 0 Å². The van der Waals surface area contributed by atoms with E-state index in [1.165, 1.54) is 0 Å². The molecule has 4 rings (SSSR count). The molecule has 0 saturated carbocycles. The van der Waals surface area contributed by atoms with Crippen LogP contribution < -0.4 is 14.2 Å². The molecule has 0 fully saturated rings. The zero-order valence-corrected chi connectivity index (χ0v) is 15.9. The lowest BCUT2D eigenvalue weighted by molar-refractivity contribution is 0.275. The molecule has 3 aromatic carbocycles. The molecule has 28 heavy (non-hydrogen) atoms. The minimum absolute atomic E-state index is 0.439. The van der Waals surface area contributed by atoms with E-state index in [-0.39, 0.29) is 0 Å². The van der Waals surface area contributed by atoms with Crippen molar-refractivity contribution >= 4 is 10.8 Å². The molecule has 140 valence electrons. The van der Waals surface area contributed by atoms with Gasteiger partial charge in [-0.1, -0.05) is 54.6 Å². The highest BCUT2D eigenvalue weighted by atomic mass is 16.5. The number of hydrogen-bond donors (Lipinski definition) is 0. The first-order chi connectivity index (χ1) is 13.8. The van der Waals surface area contributed by atoms with Crippen molar-refractivity contribution < 1.29 is 14.2 Å². The Balaban J connectivity index is 1.74. The van der Waals surface area contributed by atoms with Gasteiger partial charge in [0.25, 0.3) is 0 Å². The molecular weight excluding hydrogens is 350 g/mol. The summed E-state index contributed by atoms with van der Waals surface area (Å²) in [6.07, 6.45) is 1.88. The fourth-order valence-electron chi connectivity index (χ4n) is 3.16.